The maximum absolute atomic E-state index is 12.7. The van der Waals surface area contributed by atoms with E-state index < -0.39 is 17.3 Å². The highest BCUT2D eigenvalue weighted by Gasteiger charge is 2.65. The lowest BCUT2D eigenvalue weighted by atomic mass is 9.45. The number of ether oxygens (including phenoxy) is 1. The van der Waals surface area contributed by atoms with Crippen molar-refractivity contribution in [2.24, 2.45) is 10.8 Å². The molecule has 1 aliphatic heterocycles. The summed E-state index contributed by atoms with van der Waals surface area (Å²) in [5, 5.41) is 12.4. The van der Waals surface area contributed by atoms with Gasteiger partial charge in [0.2, 0.25) is 5.91 Å². The van der Waals surface area contributed by atoms with E-state index in [2.05, 4.69) is 5.32 Å². The van der Waals surface area contributed by atoms with E-state index in [-0.39, 0.29) is 17.9 Å². The standard InChI is InChI=1S/C21H26N2O5/c24-17(23-9-1-2-10-23)12-28-16-6-3-5-15(11-16)22-18(25)21(19(26)27)13-20(14-21)7-4-8-20/h3,5-6,11H,1-2,4,7-10,12-14H2,(H,22,25)(H,26,27). The number of likely N-dealkylation sites (tertiary alicyclic amines) is 1. The zero-order chi connectivity index (χ0) is 19.8. The van der Waals surface area contributed by atoms with Crippen molar-refractivity contribution >= 4 is 23.5 Å². The molecule has 2 amide bonds. The van der Waals surface area contributed by atoms with E-state index in [1.54, 1.807) is 29.2 Å². The molecule has 3 aliphatic rings. The average Bonchev–Trinajstić information content (AvgIpc) is 3.12. The third kappa shape index (κ3) is 3.34. The van der Waals surface area contributed by atoms with Gasteiger partial charge >= 0.3 is 5.97 Å². The van der Waals surface area contributed by atoms with Crippen molar-refractivity contribution in [3.63, 3.8) is 0 Å². The van der Waals surface area contributed by atoms with Crippen LogP contribution in [-0.4, -0.2) is 47.5 Å². The summed E-state index contributed by atoms with van der Waals surface area (Å²) in [6.45, 7) is 1.51. The first-order chi connectivity index (χ1) is 13.4. The second-order valence-electron chi connectivity index (χ2n) is 8.45. The van der Waals surface area contributed by atoms with Crippen LogP contribution in [0.25, 0.3) is 0 Å². The molecule has 4 rings (SSSR count). The molecule has 7 nitrogen and oxygen atoms in total. The van der Waals surface area contributed by atoms with Gasteiger partial charge in [0.25, 0.3) is 5.91 Å². The van der Waals surface area contributed by atoms with Crippen molar-refractivity contribution in [3.8, 4) is 5.75 Å². The first kappa shape index (κ1) is 18.8. The van der Waals surface area contributed by atoms with Gasteiger partial charge in [-0.2, -0.15) is 0 Å². The molecule has 1 aromatic rings. The number of carbonyl (C=O) groups is 3. The highest BCUT2D eigenvalue weighted by atomic mass is 16.5. The third-order valence-corrected chi connectivity index (χ3v) is 6.52. The number of carbonyl (C=O) groups excluding carboxylic acids is 2. The fourth-order valence-corrected chi connectivity index (χ4v) is 4.79. The van der Waals surface area contributed by atoms with E-state index in [1.165, 1.54) is 0 Å². The monoisotopic (exact) mass is 386 g/mol. The highest BCUT2D eigenvalue weighted by Crippen LogP contribution is 2.64. The van der Waals surface area contributed by atoms with Gasteiger partial charge in [0.15, 0.2) is 6.61 Å². The number of rotatable bonds is 6. The van der Waals surface area contributed by atoms with Crippen molar-refractivity contribution in [2.75, 3.05) is 25.0 Å². The topological polar surface area (TPSA) is 95.9 Å². The van der Waals surface area contributed by atoms with Gasteiger partial charge in [-0.15, -0.1) is 0 Å². The summed E-state index contributed by atoms with van der Waals surface area (Å²) in [6, 6.07) is 6.75. The molecule has 0 bridgehead atoms. The van der Waals surface area contributed by atoms with Crippen LogP contribution in [0.3, 0.4) is 0 Å². The van der Waals surface area contributed by atoms with Crippen LogP contribution in [0.4, 0.5) is 5.69 Å². The molecular weight excluding hydrogens is 360 g/mol. The maximum atomic E-state index is 12.7. The minimum absolute atomic E-state index is 0.0427. The summed E-state index contributed by atoms with van der Waals surface area (Å²) >= 11 is 0. The molecule has 0 atom stereocenters. The van der Waals surface area contributed by atoms with E-state index in [9.17, 15) is 19.5 Å². The molecule has 1 aromatic carbocycles. The van der Waals surface area contributed by atoms with Crippen LogP contribution in [-0.2, 0) is 14.4 Å². The number of benzene rings is 1. The minimum atomic E-state index is -1.33. The Morgan fingerprint density at radius 3 is 2.43 bits per heavy atom. The fourth-order valence-electron chi connectivity index (χ4n) is 4.79. The van der Waals surface area contributed by atoms with E-state index in [1.807, 2.05) is 0 Å². The van der Waals surface area contributed by atoms with Gasteiger partial charge < -0.3 is 20.1 Å². The Bertz CT molecular complexity index is 788. The summed E-state index contributed by atoms with van der Waals surface area (Å²) in [7, 11) is 0. The largest absolute Gasteiger partial charge is 0.484 e. The van der Waals surface area contributed by atoms with Gasteiger partial charge in [0, 0.05) is 24.8 Å². The van der Waals surface area contributed by atoms with Gasteiger partial charge in [-0.3, -0.25) is 14.4 Å². The molecule has 2 N–H and O–H groups in total. The van der Waals surface area contributed by atoms with Crippen LogP contribution in [0.15, 0.2) is 24.3 Å². The molecular formula is C21H26N2O5. The quantitative estimate of drug-likeness (QED) is 0.733. The van der Waals surface area contributed by atoms with Crippen molar-refractivity contribution in [3.05, 3.63) is 24.3 Å². The number of anilines is 1. The Labute approximate surface area is 164 Å². The maximum Gasteiger partial charge on any atom is 0.319 e. The SMILES string of the molecule is O=C(COc1cccc(NC(=O)C2(C(=O)O)CC3(CCC3)C2)c1)N1CCCC1. The van der Waals surface area contributed by atoms with E-state index in [4.69, 9.17) is 4.74 Å². The van der Waals surface area contributed by atoms with Crippen molar-refractivity contribution in [1.82, 2.24) is 4.90 Å². The van der Waals surface area contributed by atoms with E-state index >= 15 is 0 Å². The Morgan fingerprint density at radius 1 is 1.11 bits per heavy atom. The molecule has 1 heterocycles. The summed E-state index contributed by atoms with van der Waals surface area (Å²) < 4.78 is 5.58. The van der Waals surface area contributed by atoms with Gasteiger partial charge in [-0.1, -0.05) is 12.5 Å². The molecule has 2 aliphatic carbocycles. The van der Waals surface area contributed by atoms with Crippen LogP contribution in [0.1, 0.15) is 44.9 Å². The van der Waals surface area contributed by atoms with Crippen LogP contribution < -0.4 is 10.1 Å². The lowest BCUT2D eigenvalue weighted by Gasteiger charge is -2.58. The van der Waals surface area contributed by atoms with Crippen LogP contribution in [0, 0.1) is 10.8 Å². The van der Waals surface area contributed by atoms with Crippen molar-refractivity contribution < 1.29 is 24.2 Å². The number of aliphatic carboxylic acids is 1. The Hall–Kier alpha value is -2.57. The summed E-state index contributed by atoms with van der Waals surface area (Å²) in [5.41, 5.74) is -0.786. The first-order valence-corrected chi connectivity index (χ1v) is 9.98. The van der Waals surface area contributed by atoms with Gasteiger partial charge in [-0.05, 0) is 56.1 Å². The summed E-state index contributed by atoms with van der Waals surface area (Å²) in [6.07, 6.45) is 6.04. The molecule has 150 valence electrons. The molecule has 7 heteroatoms. The minimum Gasteiger partial charge on any atom is -0.484 e. The smallest absolute Gasteiger partial charge is 0.319 e. The van der Waals surface area contributed by atoms with Crippen molar-refractivity contribution in [1.29, 1.82) is 0 Å². The number of hydrogen-bond donors (Lipinski definition) is 2. The molecule has 0 radical (unpaired) electrons. The Kier molecular flexibility index (Phi) is 4.77. The highest BCUT2D eigenvalue weighted by molar-refractivity contribution is 6.09. The van der Waals surface area contributed by atoms with Gasteiger partial charge in [0.1, 0.15) is 11.2 Å². The molecule has 28 heavy (non-hydrogen) atoms. The van der Waals surface area contributed by atoms with Gasteiger partial charge in [0.05, 0.1) is 0 Å². The number of carboxylic acids is 1. The van der Waals surface area contributed by atoms with Crippen LogP contribution >= 0.6 is 0 Å². The normalized spacial score (nSPS) is 21.5. The Balaban J connectivity index is 1.36. The predicted molar refractivity (Wildman–Crippen MR) is 102 cm³/mol. The first-order valence-electron chi connectivity index (χ1n) is 9.98. The Morgan fingerprint density at radius 2 is 1.82 bits per heavy atom. The number of nitrogens with one attached hydrogen (secondary N) is 1. The predicted octanol–water partition coefficient (Wildman–Crippen LogP) is 2.66. The summed E-state index contributed by atoms with van der Waals surface area (Å²) in [4.78, 5) is 38.4. The zero-order valence-corrected chi connectivity index (χ0v) is 15.9. The number of amides is 2. The zero-order valence-electron chi connectivity index (χ0n) is 15.9. The lowest BCUT2D eigenvalue weighted by Crippen LogP contribution is -2.59. The molecule has 2 saturated carbocycles. The second-order valence-corrected chi connectivity index (χ2v) is 8.45. The van der Waals surface area contributed by atoms with Gasteiger partial charge in [-0.25, -0.2) is 0 Å². The van der Waals surface area contributed by atoms with E-state index in [0.717, 1.165) is 45.2 Å². The number of nitrogens with zero attached hydrogens (tertiary/aromatic N) is 1. The molecule has 1 spiro atoms. The average molecular weight is 386 g/mol. The molecule has 0 unspecified atom stereocenters. The van der Waals surface area contributed by atoms with Crippen LogP contribution in [0.5, 0.6) is 5.75 Å². The fraction of sp³-hybridized carbons (Fsp3) is 0.571. The van der Waals surface area contributed by atoms with E-state index in [0.29, 0.717) is 24.3 Å². The number of carboxylic acid groups (broad SMARTS) is 1. The van der Waals surface area contributed by atoms with Crippen molar-refractivity contribution in [2.45, 2.75) is 44.9 Å². The molecule has 1 saturated heterocycles. The van der Waals surface area contributed by atoms with Crippen LogP contribution in [0.2, 0.25) is 0 Å². The number of hydrogen-bond acceptors (Lipinski definition) is 4. The second kappa shape index (κ2) is 7.11. The molecule has 3 fully saturated rings. The third-order valence-electron chi connectivity index (χ3n) is 6.52. The molecule has 0 aromatic heterocycles. The summed E-state index contributed by atoms with van der Waals surface area (Å²) in [5.74, 6) is -1.09. The lowest BCUT2D eigenvalue weighted by molar-refractivity contribution is -0.178.